The molecule has 124 valence electrons. The molecule has 2 aromatic rings. The smallest absolute Gasteiger partial charge is 0.238 e. The van der Waals surface area contributed by atoms with Crippen molar-refractivity contribution in [2.75, 3.05) is 5.32 Å². The Morgan fingerprint density at radius 2 is 2.00 bits per heavy atom. The van der Waals surface area contributed by atoms with Crippen LogP contribution in [0.25, 0.3) is 0 Å². The maximum absolute atomic E-state index is 12.1. The van der Waals surface area contributed by atoms with Gasteiger partial charge in [0.1, 0.15) is 0 Å². The van der Waals surface area contributed by atoms with E-state index in [4.69, 9.17) is 23.2 Å². The molecule has 2 N–H and O–H groups in total. The molecule has 0 fully saturated rings. The molecule has 0 aromatic heterocycles. The van der Waals surface area contributed by atoms with Gasteiger partial charge in [0.05, 0.1) is 10.9 Å². The number of thioether (sulfide) groups is 1. The van der Waals surface area contributed by atoms with E-state index in [-0.39, 0.29) is 18.2 Å². The molecule has 24 heavy (non-hydrogen) atoms. The largest absolute Gasteiger partial charge is 0.352 e. The van der Waals surface area contributed by atoms with Crippen molar-refractivity contribution in [3.05, 3.63) is 58.1 Å². The fourth-order valence-corrected chi connectivity index (χ4v) is 3.91. The normalized spacial score (nSPS) is 16.2. The molecule has 1 atom stereocenters. The molecule has 7 heteroatoms. The van der Waals surface area contributed by atoms with Gasteiger partial charge in [0.15, 0.2) is 0 Å². The Hall–Kier alpha value is -1.69. The number of fused-ring (bicyclic) bond motifs is 1. The molecule has 0 saturated heterocycles. The van der Waals surface area contributed by atoms with Crippen molar-refractivity contribution in [1.29, 1.82) is 0 Å². The molecule has 1 aliphatic rings. The molecular formula is C17H14Cl2N2O2S. The molecule has 1 aliphatic heterocycles. The van der Waals surface area contributed by atoms with E-state index in [9.17, 15) is 9.59 Å². The fraction of sp³-hybridized carbons (Fsp3) is 0.176. The number of carbonyl (C=O) groups is 2. The third kappa shape index (κ3) is 4.04. The van der Waals surface area contributed by atoms with Crippen molar-refractivity contribution in [2.45, 2.75) is 23.1 Å². The van der Waals surface area contributed by atoms with E-state index in [2.05, 4.69) is 10.6 Å². The number of hydrogen-bond acceptors (Lipinski definition) is 3. The number of anilines is 1. The van der Waals surface area contributed by atoms with Crippen molar-refractivity contribution < 1.29 is 9.59 Å². The average molecular weight is 381 g/mol. The molecular weight excluding hydrogens is 367 g/mol. The summed E-state index contributed by atoms with van der Waals surface area (Å²) in [5.74, 6) is -0.355. The fourth-order valence-electron chi connectivity index (χ4n) is 2.33. The summed E-state index contributed by atoms with van der Waals surface area (Å²) >= 11 is 13.3. The van der Waals surface area contributed by atoms with E-state index in [0.717, 1.165) is 16.1 Å². The van der Waals surface area contributed by atoms with E-state index in [1.54, 1.807) is 18.2 Å². The Labute approximate surface area is 153 Å². The van der Waals surface area contributed by atoms with Crippen LogP contribution in [0.2, 0.25) is 10.0 Å². The monoisotopic (exact) mass is 380 g/mol. The summed E-state index contributed by atoms with van der Waals surface area (Å²) in [5, 5.41) is 6.22. The van der Waals surface area contributed by atoms with Gasteiger partial charge in [-0.3, -0.25) is 9.59 Å². The number of hydrogen-bond donors (Lipinski definition) is 2. The third-order valence-electron chi connectivity index (χ3n) is 3.57. The van der Waals surface area contributed by atoms with Crippen molar-refractivity contribution in [1.82, 2.24) is 5.32 Å². The van der Waals surface area contributed by atoms with Crippen LogP contribution in [0.15, 0.2) is 47.4 Å². The first-order chi connectivity index (χ1) is 11.5. The number of halogens is 2. The Morgan fingerprint density at radius 3 is 2.79 bits per heavy atom. The van der Waals surface area contributed by atoms with Crippen LogP contribution in [0.1, 0.15) is 12.0 Å². The minimum absolute atomic E-state index is 0.107. The lowest BCUT2D eigenvalue weighted by Crippen LogP contribution is -2.34. The van der Waals surface area contributed by atoms with Gasteiger partial charge < -0.3 is 10.6 Å². The number of amides is 2. The first-order valence-electron chi connectivity index (χ1n) is 7.30. The van der Waals surface area contributed by atoms with Crippen LogP contribution in [0, 0.1) is 0 Å². The van der Waals surface area contributed by atoms with Crippen molar-refractivity contribution in [3.63, 3.8) is 0 Å². The molecule has 0 saturated carbocycles. The zero-order valence-corrected chi connectivity index (χ0v) is 14.8. The second-order valence-electron chi connectivity index (χ2n) is 5.31. The van der Waals surface area contributed by atoms with Crippen LogP contribution < -0.4 is 10.6 Å². The van der Waals surface area contributed by atoms with Crippen molar-refractivity contribution in [2.24, 2.45) is 0 Å². The Bertz CT molecular complexity index is 798. The predicted octanol–water partition coefficient (Wildman–Crippen LogP) is 4.11. The SMILES string of the molecule is O=C(CC1Sc2ccccc2NC1=O)NCc1ccc(Cl)cc1Cl. The van der Waals surface area contributed by atoms with E-state index in [0.29, 0.717) is 16.6 Å². The standard InChI is InChI=1S/C17H14Cl2N2O2S/c18-11-6-5-10(12(19)7-11)9-20-16(22)8-15-17(23)21-13-3-1-2-4-14(13)24-15/h1-7,15H,8-9H2,(H,20,22)(H,21,23). The van der Waals surface area contributed by atoms with E-state index < -0.39 is 5.25 Å². The van der Waals surface area contributed by atoms with E-state index >= 15 is 0 Å². The zero-order chi connectivity index (χ0) is 17.1. The van der Waals surface area contributed by atoms with Gasteiger partial charge in [0.2, 0.25) is 11.8 Å². The topological polar surface area (TPSA) is 58.2 Å². The maximum atomic E-state index is 12.1. The highest BCUT2D eigenvalue weighted by atomic mass is 35.5. The molecule has 1 heterocycles. The summed E-state index contributed by atoms with van der Waals surface area (Å²) in [6.45, 7) is 0.296. The molecule has 0 radical (unpaired) electrons. The molecule has 4 nitrogen and oxygen atoms in total. The molecule has 3 rings (SSSR count). The molecule has 0 aliphatic carbocycles. The third-order valence-corrected chi connectivity index (χ3v) is 5.43. The Kier molecular flexibility index (Phi) is 5.33. The number of benzene rings is 2. The number of nitrogens with one attached hydrogen (secondary N) is 2. The van der Waals surface area contributed by atoms with Crippen molar-refractivity contribution >= 4 is 52.5 Å². The summed E-state index contributed by atoms with van der Waals surface area (Å²) < 4.78 is 0. The first kappa shape index (κ1) is 17.1. The minimum atomic E-state index is -0.444. The van der Waals surface area contributed by atoms with Gasteiger partial charge in [-0.25, -0.2) is 0 Å². The summed E-state index contributed by atoms with van der Waals surface area (Å²) in [7, 11) is 0. The Balaban J connectivity index is 1.58. The molecule has 1 unspecified atom stereocenters. The van der Waals surface area contributed by atoms with Gasteiger partial charge in [-0.2, -0.15) is 0 Å². The van der Waals surface area contributed by atoms with E-state index in [1.807, 2.05) is 24.3 Å². The second kappa shape index (κ2) is 7.47. The minimum Gasteiger partial charge on any atom is -0.352 e. The van der Waals surface area contributed by atoms with Crippen LogP contribution in [0.3, 0.4) is 0 Å². The van der Waals surface area contributed by atoms with Crippen molar-refractivity contribution in [3.8, 4) is 0 Å². The highest BCUT2D eigenvalue weighted by Gasteiger charge is 2.28. The van der Waals surface area contributed by atoms with Crippen LogP contribution in [0.5, 0.6) is 0 Å². The van der Waals surface area contributed by atoms with Crippen LogP contribution in [-0.4, -0.2) is 17.1 Å². The number of para-hydroxylation sites is 1. The summed E-state index contributed by atoms with van der Waals surface area (Å²) in [5.41, 5.74) is 1.57. The molecule has 2 aromatic carbocycles. The average Bonchev–Trinajstić information content (AvgIpc) is 2.55. The summed E-state index contributed by atoms with van der Waals surface area (Å²) in [4.78, 5) is 25.2. The van der Waals surface area contributed by atoms with Gasteiger partial charge in [0.25, 0.3) is 0 Å². The lowest BCUT2D eigenvalue weighted by Gasteiger charge is -2.23. The van der Waals surface area contributed by atoms with Gasteiger partial charge in [-0.05, 0) is 29.8 Å². The lowest BCUT2D eigenvalue weighted by atomic mass is 10.2. The number of rotatable bonds is 4. The second-order valence-corrected chi connectivity index (χ2v) is 7.40. The van der Waals surface area contributed by atoms with E-state index in [1.165, 1.54) is 11.8 Å². The highest BCUT2D eigenvalue weighted by molar-refractivity contribution is 8.01. The first-order valence-corrected chi connectivity index (χ1v) is 8.93. The molecule has 0 spiro atoms. The predicted molar refractivity (Wildman–Crippen MR) is 97.6 cm³/mol. The highest BCUT2D eigenvalue weighted by Crippen LogP contribution is 2.36. The van der Waals surface area contributed by atoms with Crippen LogP contribution in [0.4, 0.5) is 5.69 Å². The van der Waals surface area contributed by atoms with Gasteiger partial charge >= 0.3 is 0 Å². The van der Waals surface area contributed by atoms with Crippen LogP contribution in [-0.2, 0) is 16.1 Å². The molecule has 2 amide bonds. The lowest BCUT2D eigenvalue weighted by molar-refractivity contribution is -0.124. The summed E-state index contributed by atoms with van der Waals surface area (Å²) in [6, 6.07) is 12.7. The molecule has 0 bridgehead atoms. The number of carbonyl (C=O) groups excluding carboxylic acids is 2. The van der Waals surface area contributed by atoms with Gasteiger partial charge in [0, 0.05) is 27.9 Å². The maximum Gasteiger partial charge on any atom is 0.238 e. The Morgan fingerprint density at radius 1 is 1.21 bits per heavy atom. The van der Waals surface area contributed by atoms with Gasteiger partial charge in [-0.1, -0.05) is 41.4 Å². The quantitative estimate of drug-likeness (QED) is 0.838. The van der Waals surface area contributed by atoms with Crippen LogP contribution >= 0.6 is 35.0 Å². The van der Waals surface area contributed by atoms with Gasteiger partial charge in [-0.15, -0.1) is 11.8 Å². The summed E-state index contributed by atoms with van der Waals surface area (Å²) in [6.07, 6.45) is 0.107. The zero-order valence-electron chi connectivity index (χ0n) is 12.5.